The average molecular weight is 506 g/mol. The first-order chi connectivity index (χ1) is 16.2. The molecule has 1 atom stereocenters. The number of thiocarbonyl (C=S) groups is 1. The third-order valence-electron chi connectivity index (χ3n) is 4.63. The van der Waals surface area contributed by atoms with E-state index in [9.17, 15) is 18.4 Å². The first kappa shape index (κ1) is 25.1. The highest BCUT2D eigenvalue weighted by Gasteiger charge is 2.25. The molecule has 3 aromatic rings. The summed E-state index contributed by atoms with van der Waals surface area (Å²) in [6, 6.07) is 12.1. The highest BCUT2D eigenvalue weighted by molar-refractivity contribution is 7.80. The number of benzene rings is 2. The summed E-state index contributed by atoms with van der Waals surface area (Å²) in [5.41, 5.74) is 6.74. The molecule has 3 N–H and O–H groups in total. The Balaban J connectivity index is 1.67. The predicted molar refractivity (Wildman–Crippen MR) is 130 cm³/mol. The Morgan fingerprint density at radius 2 is 1.79 bits per heavy atom. The van der Waals surface area contributed by atoms with Gasteiger partial charge in [0.15, 0.2) is 22.8 Å². The van der Waals surface area contributed by atoms with Crippen LogP contribution in [0.15, 0.2) is 48.5 Å². The molecule has 34 heavy (non-hydrogen) atoms. The van der Waals surface area contributed by atoms with Gasteiger partial charge in [-0.25, -0.2) is 13.6 Å². The highest BCUT2D eigenvalue weighted by Crippen LogP contribution is 2.40. The number of methoxy groups -OCH3 is 1. The largest absolute Gasteiger partial charge is 0.478 e. The summed E-state index contributed by atoms with van der Waals surface area (Å²) in [5, 5.41) is 3.33. The SMILES string of the molecule is COC(=O)c1c(NC(=S)NNC(=O)[C@H](C)Oc2ccc(F)cc2F)sc(C)c1-c1ccccc1. The van der Waals surface area contributed by atoms with E-state index in [1.807, 2.05) is 37.3 Å². The number of anilines is 1. The Hall–Kier alpha value is -3.57. The molecule has 0 saturated heterocycles. The van der Waals surface area contributed by atoms with Gasteiger partial charge in [-0.15, -0.1) is 11.3 Å². The quantitative estimate of drug-likeness (QED) is 0.257. The minimum Gasteiger partial charge on any atom is -0.478 e. The average Bonchev–Trinajstić information content (AvgIpc) is 3.14. The lowest BCUT2D eigenvalue weighted by atomic mass is 10.0. The van der Waals surface area contributed by atoms with E-state index >= 15 is 0 Å². The maximum absolute atomic E-state index is 13.7. The lowest BCUT2D eigenvalue weighted by Crippen LogP contribution is -2.48. The smallest absolute Gasteiger partial charge is 0.341 e. The van der Waals surface area contributed by atoms with E-state index in [1.54, 1.807) is 0 Å². The molecule has 178 valence electrons. The van der Waals surface area contributed by atoms with Crippen LogP contribution in [0.2, 0.25) is 0 Å². The van der Waals surface area contributed by atoms with Crippen LogP contribution in [0.1, 0.15) is 22.2 Å². The van der Waals surface area contributed by atoms with E-state index in [-0.39, 0.29) is 10.9 Å². The van der Waals surface area contributed by atoms with Gasteiger partial charge in [0.05, 0.1) is 7.11 Å². The van der Waals surface area contributed by atoms with Gasteiger partial charge < -0.3 is 14.8 Å². The maximum atomic E-state index is 13.7. The molecule has 7 nitrogen and oxygen atoms in total. The van der Waals surface area contributed by atoms with Crippen LogP contribution < -0.4 is 20.9 Å². The van der Waals surface area contributed by atoms with Crippen molar-refractivity contribution in [1.82, 2.24) is 10.9 Å². The normalized spacial score (nSPS) is 11.3. The van der Waals surface area contributed by atoms with Crippen molar-refractivity contribution in [2.45, 2.75) is 20.0 Å². The van der Waals surface area contributed by atoms with Crippen LogP contribution in [-0.4, -0.2) is 30.2 Å². The molecule has 0 saturated carbocycles. The molecule has 1 heterocycles. The van der Waals surface area contributed by atoms with Gasteiger partial charge in [0.2, 0.25) is 0 Å². The van der Waals surface area contributed by atoms with E-state index in [2.05, 4.69) is 16.2 Å². The first-order valence-electron chi connectivity index (χ1n) is 9.97. The van der Waals surface area contributed by atoms with Crippen molar-refractivity contribution < 1.29 is 27.8 Å². The van der Waals surface area contributed by atoms with E-state index in [1.165, 1.54) is 25.4 Å². The van der Waals surface area contributed by atoms with Crippen LogP contribution >= 0.6 is 23.6 Å². The van der Waals surface area contributed by atoms with Crippen molar-refractivity contribution in [3.8, 4) is 16.9 Å². The monoisotopic (exact) mass is 505 g/mol. The number of carbonyl (C=O) groups is 2. The van der Waals surface area contributed by atoms with Gasteiger partial charge in [0.1, 0.15) is 16.4 Å². The molecule has 0 radical (unpaired) electrons. The first-order valence-corrected chi connectivity index (χ1v) is 11.2. The summed E-state index contributed by atoms with van der Waals surface area (Å²) in [4.78, 5) is 25.7. The fourth-order valence-electron chi connectivity index (χ4n) is 3.05. The summed E-state index contributed by atoms with van der Waals surface area (Å²) in [6.45, 7) is 3.26. The minimum absolute atomic E-state index is 0.000438. The van der Waals surface area contributed by atoms with Gasteiger partial charge in [-0.2, -0.15) is 0 Å². The molecule has 0 aliphatic heterocycles. The van der Waals surface area contributed by atoms with Crippen LogP contribution in [-0.2, 0) is 9.53 Å². The number of halogens is 2. The fraction of sp³-hybridized carbons (Fsp3) is 0.174. The zero-order valence-electron chi connectivity index (χ0n) is 18.4. The second-order valence-electron chi connectivity index (χ2n) is 7.00. The number of nitrogens with one attached hydrogen (secondary N) is 3. The molecule has 0 spiro atoms. The number of aryl methyl sites for hydroxylation is 1. The molecule has 0 bridgehead atoms. The predicted octanol–water partition coefficient (Wildman–Crippen LogP) is 4.57. The zero-order chi connectivity index (χ0) is 24.8. The summed E-state index contributed by atoms with van der Waals surface area (Å²) in [6.07, 6.45) is -1.12. The minimum atomic E-state index is -1.12. The zero-order valence-corrected chi connectivity index (χ0v) is 20.0. The van der Waals surface area contributed by atoms with Gasteiger partial charge >= 0.3 is 5.97 Å². The Bertz CT molecular complexity index is 1220. The molecule has 0 fully saturated rings. The lowest BCUT2D eigenvalue weighted by molar-refractivity contribution is -0.127. The van der Waals surface area contributed by atoms with Gasteiger partial charge in [-0.3, -0.25) is 15.6 Å². The van der Waals surface area contributed by atoms with Crippen molar-refractivity contribution in [2.24, 2.45) is 0 Å². The molecular weight excluding hydrogens is 484 g/mol. The molecule has 3 rings (SSSR count). The van der Waals surface area contributed by atoms with E-state index < -0.39 is 29.6 Å². The number of thiophene rings is 1. The molecular formula is C23H21F2N3O4S2. The topological polar surface area (TPSA) is 88.7 Å². The van der Waals surface area contributed by atoms with Gasteiger partial charge in [-0.05, 0) is 43.8 Å². The maximum Gasteiger partial charge on any atom is 0.341 e. The van der Waals surface area contributed by atoms with Crippen molar-refractivity contribution in [3.05, 3.63) is 70.6 Å². The highest BCUT2D eigenvalue weighted by atomic mass is 32.1. The Morgan fingerprint density at radius 3 is 2.44 bits per heavy atom. The molecule has 0 aliphatic rings. The number of amides is 1. The van der Waals surface area contributed by atoms with Crippen LogP contribution in [0, 0.1) is 18.6 Å². The summed E-state index contributed by atoms with van der Waals surface area (Å²) in [5.74, 6) is -3.16. The van der Waals surface area contributed by atoms with E-state index in [0.717, 1.165) is 28.1 Å². The second-order valence-corrected chi connectivity index (χ2v) is 8.63. The molecule has 2 aromatic carbocycles. The van der Waals surface area contributed by atoms with E-state index in [4.69, 9.17) is 21.7 Å². The summed E-state index contributed by atoms with van der Waals surface area (Å²) < 4.78 is 37.0. The molecule has 1 amide bonds. The van der Waals surface area contributed by atoms with Crippen molar-refractivity contribution in [1.29, 1.82) is 0 Å². The lowest BCUT2D eigenvalue weighted by Gasteiger charge is -2.17. The number of esters is 1. The number of hydrogen-bond acceptors (Lipinski definition) is 6. The standard InChI is InChI=1S/C23H21F2N3O4S2/c1-12(32-17-10-9-15(24)11-16(17)25)20(29)27-28-23(33)26-21-19(22(30)31-3)18(13(2)34-21)14-7-5-4-6-8-14/h4-12H,1-3H3,(H,27,29)(H2,26,28,33)/t12-/m0/s1. The summed E-state index contributed by atoms with van der Waals surface area (Å²) >= 11 is 6.54. The Kier molecular flexibility index (Phi) is 8.13. The van der Waals surface area contributed by atoms with Crippen molar-refractivity contribution >= 4 is 45.5 Å². The number of hydrogen-bond donors (Lipinski definition) is 3. The molecule has 1 aromatic heterocycles. The summed E-state index contributed by atoms with van der Waals surface area (Å²) in [7, 11) is 1.29. The Labute approximate surface area is 204 Å². The van der Waals surface area contributed by atoms with Crippen LogP contribution in [0.5, 0.6) is 5.75 Å². The van der Waals surface area contributed by atoms with Crippen LogP contribution in [0.3, 0.4) is 0 Å². The number of carbonyl (C=O) groups excluding carboxylic acids is 2. The van der Waals surface area contributed by atoms with Gasteiger partial charge in [-0.1, -0.05) is 30.3 Å². The number of hydrazine groups is 1. The number of ether oxygens (including phenoxy) is 2. The third kappa shape index (κ3) is 5.86. The second kappa shape index (κ2) is 11.0. The van der Waals surface area contributed by atoms with Crippen LogP contribution in [0.25, 0.3) is 11.1 Å². The molecule has 11 heteroatoms. The van der Waals surface area contributed by atoms with Crippen LogP contribution in [0.4, 0.5) is 13.8 Å². The Morgan fingerprint density at radius 1 is 1.09 bits per heavy atom. The van der Waals surface area contributed by atoms with Gasteiger partial charge in [0.25, 0.3) is 5.91 Å². The van der Waals surface area contributed by atoms with Crippen molar-refractivity contribution in [3.63, 3.8) is 0 Å². The number of rotatable bonds is 6. The molecule has 0 aliphatic carbocycles. The van der Waals surface area contributed by atoms with Gasteiger partial charge in [0, 0.05) is 16.5 Å². The van der Waals surface area contributed by atoms with Crippen molar-refractivity contribution in [2.75, 3.05) is 12.4 Å². The molecule has 0 unspecified atom stereocenters. The van der Waals surface area contributed by atoms with E-state index in [0.29, 0.717) is 16.6 Å². The third-order valence-corrected chi connectivity index (χ3v) is 5.85. The fourth-order valence-corrected chi connectivity index (χ4v) is 4.34.